The maximum Gasteiger partial charge on any atom is 0.136 e. The molecule has 88 valence electrons. The largest absolute Gasteiger partial charge is 0.361 e. The van der Waals surface area contributed by atoms with Gasteiger partial charge in [-0.05, 0) is 23.1 Å². The fourth-order valence-electron chi connectivity index (χ4n) is 1.63. The molecule has 0 aliphatic carbocycles. The van der Waals surface area contributed by atoms with Crippen LogP contribution in [0.4, 0.5) is 0 Å². The van der Waals surface area contributed by atoms with Gasteiger partial charge < -0.3 is 4.98 Å². The van der Waals surface area contributed by atoms with E-state index in [1.807, 2.05) is 29.8 Å². The van der Waals surface area contributed by atoms with Gasteiger partial charge in [0.2, 0.25) is 0 Å². The van der Waals surface area contributed by atoms with Crippen molar-refractivity contribution in [3.05, 3.63) is 52.6 Å². The van der Waals surface area contributed by atoms with Crippen LogP contribution < -0.4 is 0 Å². The van der Waals surface area contributed by atoms with Crippen molar-refractivity contribution in [3.8, 4) is 0 Å². The van der Waals surface area contributed by atoms with E-state index in [9.17, 15) is 0 Å². The molecular weight excluding hydrogens is 244 g/mol. The smallest absolute Gasteiger partial charge is 0.136 e. The summed E-state index contributed by atoms with van der Waals surface area (Å²) in [6.07, 6.45) is 7.04. The van der Waals surface area contributed by atoms with Gasteiger partial charge in [-0.15, -0.1) is 11.3 Å². The van der Waals surface area contributed by atoms with Crippen molar-refractivity contribution >= 4 is 34.7 Å². The Morgan fingerprint density at radius 2 is 2.11 bits per heavy atom. The molecule has 2 aromatic heterocycles. The first-order valence-electron chi connectivity index (χ1n) is 5.45. The van der Waals surface area contributed by atoms with E-state index < -0.39 is 0 Å². The van der Waals surface area contributed by atoms with Gasteiger partial charge in [0.25, 0.3) is 0 Å². The van der Waals surface area contributed by atoms with Gasteiger partial charge in [0.15, 0.2) is 0 Å². The van der Waals surface area contributed by atoms with Crippen LogP contribution in [0.2, 0.25) is 0 Å². The Morgan fingerprint density at radius 3 is 3.00 bits per heavy atom. The molecule has 0 saturated carbocycles. The third kappa shape index (κ3) is 2.36. The summed E-state index contributed by atoms with van der Waals surface area (Å²) in [7, 11) is 0. The molecule has 2 heterocycles. The van der Waals surface area contributed by atoms with Crippen LogP contribution in [0.1, 0.15) is 10.6 Å². The first-order valence-corrected chi connectivity index (χ1v) is 6.33. The zero-order valence-electron chi connectivity index (χ0n) is 9.45. The lowest BCUT2D eigenvalue weighted by atomic mass is 10.2. The summed E-state index contributed by atoms with van der Waals surface area (Å²) in [6.45, 7) is 0. The Kier molecular flexibility index (Phi) is 2.97. The van der Waals surface area contributed by atoms with E-state index in [0.29, 0.717) is 0 Å². The Morgan fingerprint density at radius 1 is 1.17 bits per heavy atom. The first kappa shape index (κ1) is 10.9. The van der Waals surface area contributed by atoms with Crippen molar-refractivity contribution in [2.45, 2.75) is 0 Å². The second-order valence-corrected chi connectivity index (χ2v) is 4.61. The molecule has 0 amide bonds. The van der Waals surface area contributed by atoms with Gasteiger partial charge >= 0.3 is 0 Å². The number of hydrogen-bond donors (Lipinski definition) is 1. The van der Waals surface area contributed by atoms with E-state index in [1.54, 1.807) is 18.6 Å². The van der Waals surface area contributed by atoms with Gasteiger partial charge in [0.05, 0.1) is 12.4 Å². The minimum atomic E-state index is 0.854. The molecule has 5 heteroatoms. The summed E-state index contributed by atoms with van der Waals surface area (Å²) in [5, 5.41) is 11.9. The van der Waals surface area contributed by atoms with Crippen molar-refractivity contribution in [2.75, 3.05) is 0 Å². The predicted octanol–water partition coefficient (Wildman–Crippen LogP) is 3.08. The highest BCUT2D eigenvalue weighted by molar-refractivity contribution is 7.11. The fraction of sp³-hybridized carbons (Fsp3) is 0. The molecule has 0 radical (unpaired) electrons. The lowest BCUT2D eigenvalue weighted by Gasteiger charge is -1.92. The molecule has 4 nitrogen and oxygen atoms in total. The number of rotatable bonds is 3. The van der Waals surface area contributed by atoms with Gasteiger partial charge in [-0.3, -0.25) is 0 Å². The molecule has 0 aliphatic heterocycles. The third-order valence-electron chi connectivity index (χ3n) is 2.47. The van der Waals surface area contributed by atoms with Crippen LogP contribution >= 0.6 is 11.3 Å². The highest BCUT2D eigenvalue weighted by Gasteiger charge is 1.94. The number of H-pyrrole nitrogens is 1. The molecular formula is C13H10N4S. The number of aromatic amines is 1. The Bertz CT molecular complexity index is 695. The summed E-state index contributed by atoms with van der Waals surface area (Å²) in [4.78, 5) is 7.25. The van der Waals surface area contributed by atoms with Gasteiger partial charge in [-0.25, -0.2) is 4.98 Å². The van der Waals surface area contributed by atoms with Crippen LogP contribution in [0.5, 0.6) is 0 Å². The van der Waals surface area contributed by atoms with E-state index in [0.717, 1.165) is 16.1 Å². The summed E-state index contributed by atoms with van der Waals surface area (Å²) in [6, 6.07) is 8.14. The van der Waals surface area contributed by atoms with E-state index in [1.165, 1.54) is 16.7 Å². The Hall–Kier alpha value is -2.27. The van der Waals surface area contributed by atoms with Crippen LogP contribution in [0.15, 0.2) is 52.2 Å². The Labute approximate surface area is 108 Å². The van der Waals surface area contributed by atoms with E-state index >= 15 is 0 Å². The number of nitrogens with zero attached hydrogens (tertiary/aromatic N) is 3. The first-order chi connectivity index (χ1) is 8.92. The maximum absolute atomic E-state index is 4.09. The van der Waals surface area contributed by atoms with E-state index in [2.05, 4.69) is 26.2 Å². The summed E-state index contributed by atoms with van der Waals surface area (Å²) >= 11 is 1.53. The van der Waals surface area contributed by atoms with Crippen LogP contribution in [0.25, 0.3) is 10.9 Å². The number of aromatic nitrogens is 2. The third-order valence-corrected chi connectivity index (χ3v) is 3.18. The molecule has 0 aliphatic rings. The van der Waals surface area contributed by atoms with Crippen LogP contribution in [0.3, 0.4) is 0 Å². The summed E-state index contributed by atoms with van der Waals surface area (Å²) in [5.74, 6) is 0. The molecule has 3 aromatic rings. The van der Waals surface area contributed by atoms with Crippen molar-refractivity contribution in [3.63, 3.8) is 0 Å². The molecule has 0 unspecified atom stereocenters. The molecule has 1 aromatic carbocycles. The average molecular weight is 254 g/mol. The molecule has 0 atom stereocenters. The summed E-state index contributed by atoms with van der Waals surface area (Å²) < 4.78 is 0. The minimum absolute atomic E-state index is 0.854. The van der Waals surface area contributed by atoms with Crippen LogP contribution in [-0.2, 0) is 0 Å². The highest BCUT2D eigenvalue weighted by atomic mass is 32.1. The monoisotopic (exact) mass is 254 g/mol. The normalized spacial score (nSPS) is 12.0. The number of hydrogen-bond acceptors (Lipinski definition) is 4. The summed E-state index contributed by atoms with van der Waals surface area (Å²) in [5.41, 5.74) is 2.11. The average Bonchev–Trinajstić information content (AvgIpc) is 3.05. The van der Waals surface area contributed by atoms with E-state index in [-0.39, 0.29) is 0 Å². The zero-order valence-corrected chi connectivity index (χ0v) is 10.3. The molecule has 3 rings (SSSR count). The topological polar surface area (TPSA) is 53.4 Å². The lowest BCUT2D eigenvalue weighted by molar-refractivity contribution is 1.26. The number of thiazole rings is 1. The quantitative estimate of drug-likeness (QED) is 0.566. The van der Waals surface area contributed by atoms with Crippen molar-refractivity contribution in [1.82, 2.24) is 9.97 Å². The van der Waals surface area contributed by atoms with Crippen LogP contribution in [-0.4, -0.2) is 22.4 Å². The van der Waals surface area contributed by atoms with Gasteiger partial charge in [-0.2, -0.15) is 10.2 Å². The fourth-order valence-corrected chi connectivity index (χ4v) is 2.12. The standard InChI is InChI=1S/C13H10N4S/c1-2-11-3-4-14-12(11)7-10(1)8-16-17-9-13-15-5-6-18-13/h1-9,14H/b16-8?,17-9+. The second-order valence-electron chi connectivity index (χ2n) is 3.68. The van der Waals surface area contributed by atoms with Gasteiger partial charge in [0.1, 0.15) is 5.01 Å². The van der Waals surface area contributed by atoms with Gasteiger partial charge in [0, 0.05) is 23.3 Å². The molecule has 18 heavy (non-hydrogen) atoms. The van der Waals surface area contributed by atoms with E-state index in [4.69, 9.17) is 0 Å². The zero-order chi connectivity index (χ0) is 12.2. The minimum Gasteiger partial charge on any atom is -0.361 e. The molecule has 0 fully saturated rings. The predicted molar refractivity (Wildman–Crippen MR) is 75.6 cm³/mol. The maximum atomic E-state index is 4.09. The molecule has 1 N–H and O–H groups in total. The number of fused-ring (bicyclic) bond motifs is 1. The Balaban J connectivity index is 1.75. The molecule has 0 saturated heterocycles. The number of nitrogens with one attached hydrogen (secondary N) is 1. The highest BCUT2D eigenvalue weighted by Crippen LogP contribution is 2.12. The van der Waals surface area contributed by atoms with Crippen molar-refractivity contribution < 1.29 is 0 Å². The SMILES string of the molecule is C(=N/N=C/c1nccs1)c1ccc2cc[nH]c2c1. The second kappa shape index (κ2) is 4.93. The number of benzene rings is 1. The lowest BCUT2D eigenvalue weighted by Crippen LogP contribution is -1.80. The van der Waals surface area contributed by atoms with Crippen molar-refractivity contribution in [1.29, 1.82) is 0 Å². The molecule has 0 bridgehead atoms. The van der Waals surface area contributed by atoms with Gasteiger partial charge in [-0.1, -0.05) is 12.1 Å². The van der Waals surface area contributed by atoms with Crippen molar-refractivity contribution in [2.24, 2.45) is 10.2 Å². The molecule has 0 spiro atoms. The van der Waals surface area contributed by atoms with Crippen LogP contribution in [0, 0.1) is 0 Å².